The minimum absolute atomic E-state index is 0.224. The van der Waals surface area contributed by atoms with Gasteiger partial charge in [0.1, 0.15) is 15.9 Å². The van der Waals surface area contributed by atoms with E-state index in [9.17, 15) is 8.42 Å². The maximum Gasteiger partial charge on any atom is 0.245 e. The number of fused-ring (bicyclic) bond motifs is 1. The number of nitrogens with zero attached hydrogens (tertiary/aromatic N) is 8. The van der Waals surface area contributed by atoms with Crippen LogP contribution in [0.25, 0.3) is 11.0 Å². The highest BCUT2D eigenvalue weighted by molar-refractivity contribution is 7.89. The highest BCUT2D eigenvalue weighted by Gasteiger charge is 2.31. The Hall–Kier alpha value is -2.45. The fourth-order valence-electron chi connectivity index (χ4n) is 5.18. The summed E-state index contributed by atoms with van der Waals surface area (Å²) >= 11 is 1.03. The molecular weight excluding hydrogens is 500 g/mol. The molecule has 1 aromatic carbocycles. The van der Waals surface area contributed by atoms with Gasteiger partial charge in [-0.25, -0.2) is 8.42 Å². The summed E-state index contributed by atoms with van der Waals surface area (Å²) in [5.41, 5.74) is 1.05. The van der Waals surface area contributed by atoms with Gasteiger partial charge in [-0.05, 0) is 37.1 Å². The molecule has 0 radical (unpaired) electrons. The van der Waals surface area contributed by atoms with Crippen LogP contribution in [0.15, 0.2) is 35.2 Å². The SMILES string of the molecule is O=S(=O)(c1cccc2nsnc12)N1CCN(c2ccc(N3CCN(CC4CCCO4)CC3)nn2)CC1. The molecule has 0 aliphatic carbocycles. The van der Waals surface area contributed by atoms with Crippen LogP contribution in [-0.2, 0) is 14.8 Å². The average Bonchev–Trinajstić information content (AvgIpc) is 3.61. The van der Waals surface area contributed by atoms with Crippen LogP contribution in [0.1, 0.15) is 12.8 Å². The molecular formula is C23H30N8O3S2. The molecule has 3 saturated heterocycles. The first kappa shape index (κ1) is 23.9. The van der Waals surface area contributed by atoms with Crippen LogP contribution in [0.5, 0.6) is 0 Å². The largest absolute Gasteiger partial charge is 0.377 e. The van der Waals surface area contributed by atoms with Crippen molar-refractivity contribution in [2.45, 2.75) is 23.8 Å². The fraction of sp³-hybridized carbons (Fsp3) is 0.565. The summed E-state index contributed by atoms with van der Waals surface area (Å²) in [6.45, 7) is 7.67. The second-order valence-electron chi connectivity index (χ2n) is 9.45. The summed E-state index contributed by atoms with van der Waals surface area (Å²) in [6, 6.07) is 9.12. The van der Waals surface area contributed by atoms with Crippen molar-refractivity contribution in [1.82, 2.24) is 28.1 Å². The lowest BCUT2D eigenvalue weighted by Gasteiger charge is -2.36. The van der Waals surface area contributed by atoms with Crippen molar-refractivity contribution >= 4 is 44.4 Å². The third-order valence-corrected chi connectivity index (χ3v) is 9.72. The van der Waals surface area contributed by atoms with Crippen molar-refractivity contribution in [3.63, 3.8) is 0 Å². The number of benzene rings is 1. The minimum Gasteiger partial charge on any atom is -0.377 e. The number of piperazine rings is 2. The number of sulfonamides is 1. The van der Waals surface area contributed by atoms with Crippen LogP contribution in [0.2, 0.25) is 0 Å². The Kier molecular flexibility index (Phi) is 6.73. The first-order chi connectivity index (χ1) is 17.6. The lowest BCUT2D eigenvalue weighted by Crippen LogP contribution is -2.49. The van der Waals surface area contributed by atoms with Gasteiger partial charge in [-0.2, -0.15) is 13.1 Å². The van der Waals surface area contributed by atoms with Gasteiger partial charge in [0.25, 0.3) is 0 Å². The predicted molar refractivity (Wildman–Crippen MR) is 138 cm³/mol. The number of ether oxygens (including phenoxy) is 1. The van der Waals surface area contributed by atoms with Gasteiger partial charge < -0.3 is 14.5 Å². The van der Waals surface area contributed by atoms with Crippen molar-refractivity contribution in [2.24, 2.45) is 0 Å². The van der Waals surface area contributed by atoms with E-state index in [0.29, 0.717) is 43.3 Å². The third kappa shape index (κ3) is 4.77. The number of rotatable bonds is 6. The Morgan fingerprint density at radius 1 is 0.889 bits per heavy atom. The lowest BCUT2D eigenvalue weighted by molar-refractivity contribution is 0.0712. The fourth-order valence-corrected chi connectivity index (χ4v) is 7.35. The molecule has 3 aromatic rings. The maximum absolute atomic E-state index is 13.3. The Labute approximate surface area is 215 Å². The molecule has 3 aliphatic heterocycles. The van der Waals surface area contributed by atoms with E-state index in [4.69, 9.17) is 4.74 Å². The molecule has 192 valence electrons. The molecule has 0 spiro atoms. The zero-order valence-corrected chi connectivity index (χ0v) is 21.7. The molecule has 13 heteroatoms. The first-order valence-electron chi connectivity index (χ1n) is 12.5. The van der Waals surface area contributed by atoms with Gasteiger partial charge in [-0.1, -0.05) is 6.07 Å². The molecule has 11 nitrogen and oxygen atoms in total. The van der Waals surface area contributed by atoms with Gasteiger partial charge in [-0.15, -0.1) is 10.2 Å². The summed E-state index contributed by atoms with van der Waals surface area (Å²) in [7, 11) is -3.64. The Morgan fingerprint density at radius 2 is 1.58 bits per heavy atom. The number of hydrogen-bond donors (Lipinski definition) is 0. The van der Waals surface area contributed by atoms with E-state index in [2.05, 4.69) is 33.6 Å². The summed E-state index contributed by atoms with van der Waals surface area (Å²) < 4.78 is 42.2. The monoisotopic (exact) mass is 530 g/mol. The smallest absolute Gasteiger partial charge is 0.245 e. The third-order valence-electron chi connectivity index (χ3n) is 7.25. The summed E-state index contributed by atoms with van der Waals surface area (Å²) in [4.78, 5) is 7.07. The quantitative estimate of drug-likeness (QED) is 0.463. The number of aromatic nitrogens is 4. The molecule has 6 rings (SSSR count). The minimum atomic E-state index is -3.64. The topological polar surface area (TPSA) is 108 Å². The highest BCUT2D eigenvalue weighted by atomic mass is 32.2. The van der Waals surface area contributed by atoms with E-state index in [-0.39, 0.29) is 4.90 Å². The van der Waals surface area contributed by atoms with Crippen LogP contribution in [0, 0.1) is 0 Å². The molecule has 5 heterocycles. The van der Waals surface area contributed by atoms with E-state index in [1.54, 1.807) is 18.2 Å². The molecule has 3 fully saturated rings. The summed E-state index contributed by atoms with van der Waals surface area (Å²) in [5.74, 6) is 1.67. The predicted octanol–water partition coefficient (Wildman–Crippen LogP) is 1.29. The zero-order valence-electron chi connectivity index (χ0n) is 20.1. The maximum atomic E-state index is 13.3. The zero-order chi connectivity index (χ0) is 24.5. The summed E-state index contributed by atoms with van der Waals surface area (Å²) in [6.07, 6.45) is 2.74. The highest BCUT2D eigenvalue weighted by Crippen LogP contribution is 2.26. The number of hydrogen-bond acceptors (Lipinski definition) is 11. The molecule has 0 amide bonds. The molecule has 3 aliphatic rings. The molecule has 0 saturated carbocycles. The standard InChI is InChI=1S/C23H30N8O3S2/c32-36(33,20-5-1-4-19-23(20)27-35-26-19)31-14-12-30(13-15-31)22-7-6-21(24-25-22)29-10-8-28(9-11-29)17-18-3-2-16-34-18/h1,4-7,18H,2-3,8-17H2. The molecule has 2 aromatic heterocycles. The van der Waals surface area contributed by atoms with Crippen LogP contribution in [0.4, 0.5) is 11.6 Å². The van der Waals surface area contributed by atoms with Gasteiger partial charge in [0.2, 0.25) is 10.0 Å². The van der Waals surface area contributed by atoms with Crippen molar-refractivity contribution in [2.75, 3.05) is 75.3 Å². The van der Waals surface area contributed by atoms with Crippen molar-refractivity contribution in [3.05, 3.63) is 30.3 Å². The average molecular weight is 531 g/mol. The molecule has 0 bridgehead atoms. The molecule has 1 unspecified atom stereocenters. The Bertz CT molecular complexity index is 1280. The normalized spacial score (nSPS) is 22.5. The summed E-state index contributed by atoms with van der Waals surface area (Å²) in [5, 5.41) is 8.97. The second-order valence-corrected chi connectivity index (χ2v) is 11.9. The van der Waals surface area contributed by atoms with Crippen molar-refractivity contribution in [1.29, 1.82) is 0 Å². The van der Waals surface area contributed by atoms with Crippen LogP contribution in [-0.4, -0.2) is 108 Å². The second kappa shape index (κ2) is 10.1. The van der Waals surface area contributed by atoms with Gasteiger partial charge in [0, 0.05) is 65.5 Å². The van der Waals surface area contributed by atoms with Crippen LogP contribution < -0.4 is 9.80 Å². The first-order valence-corrected chi connectivity index (χ1v) is 14.6. The lowest BCUT2D eigenvalue weighted by atomic mass is 10.2. The van der Waals surface area contributed by atoms with E-state index in [0.717, 1.165) is 62.7 Å². The van der Waals surface area contributed by atoms with E-state index in [1.807, 2.05) is 12.1 Å². The molecule has 36 heavy (non-hydrogen) atoms. The Balaban J connectivity index is 1.04. The van der Waals surface area contributed by atoms with E-state index in [1.165, 1.54) is 17.1 Å². The van der Waals surface area contributed by atoms with E-state index < -0.39 is 10.0 Å². The van der Waals surface area contributed by atoms with Crippen LogP contribution >= 0.6 is 11.7 Å². The van der Waals surface area contributed by atoms with Gasteiger partial charge in [-0.3, -0.25) is 4.90 Å². The van der Waals surface area contributed by atoms with Crippen molar-refractivity contribution in [3.8, 4) is 0 Å². The molecule has 1 atom stereocenters. The Morgan fingerprint density at radius 3 is 2.22 bits per heavy atom. The van der Waals surface area contributed by atoms with Gasteiger partial charge in [0.15, 0.2) is 11.6 Å². The van der Waals surface area contributed by atoms with Crippen LogP contribution in [0.3, 0.4) is 0 Å². The van der Waals surface area contributed by atoms with E-state index >= 15 is 0 Å². The van der Waals surface area contributed by atoms with Gasteiger partial charge >= 0.3 is 0 Å². The van der Waals surface area contributed by atoms with Gasteiger partial charge in [0.05, 0.1) is 17.8 Å². The number of anilines is 2. The molecule has 0 N–H and O–H groups in total. The van der Waals surface area contributed by atoms with Crippen molar-refractivity contribution < 1.29 is 13.2 Å².